The van der Waals surface area contributed by atoms with E-state index in [1.807, 2.05) is 32.0 Å². The molecule has 1 atom stereocenters. The summed E-state index contributed by atoms with van der Waals surface area (Å²) in [6.45, 7) is 6.45. The predicted octanol–water partition coefficient (Wildman–Crippen LogP) is 3.39. The van der Waals surface area contributed by atoms with E-state index in [4.69, 9.17) is 0 Å². The molecule has 0 saturated carbocycles. The minimum Gasteiger partial charge on any atom is -0.324 e. The van der Waals surface area contributed by atoms with Gasteiger partial charge in [-0.1, -0.05) is 12.5 Å². The minimum absolute atomic E-state index is 0.219. The number of piperidine rings is 1. The number of fused-ring (bicyclic) bond motifs is 1. The maximum Gasteiger partial charge on any atom is 0.247 e. The second-order valence-corrected chi connectivity index (χ2v) is 10.6. The second-order valence-electron chi connectivity index (χ2n) is 8.65. The van der Waals surface area contributed by atoms with Crippen LogP contribution in [0.3, 0.4) is 0 Å². The van der Waals surface area contributed by atoms with Gasteiger partial charge in [-0.15, -0.1) is 0 Å². The average molecular weight is 456 g/mol. The Morgan fingerprint density at radius 3 is 2.34 bits per heavy atom. The van der Waals surface area contributed by atoms with Crippen LogP contribution in [0.15, 0.2) is 41.3 Å². The number of carbonyl (C=O) groups is 2. The Bertz CT molecular complexity index is 1170. The molecule has 2 aromatic rings. The SMILES string of the molecule is CC(=O)N1c2ccc(S(=O)(=O)N3CCCCC3)cc2C[C@@H]1C(=O)Nc1ccc(C)c(C)c1. The molecule has 1 saturated heterocycles. The summed E-state index contributed by atoms with van der Waals surface area (Å²) in [6.07, 6.45) is 3.04. The lowest BCUT2D eigenvalue weighted by molar-refractivity contribution is -0.122. The molecule has 170 valence electrons. The summed E-state index contributed by atoms with van der Waals surface area (Å²) in [7, 11) is -3.59. The Morgan fingerprint density at radius 1 is 0.969 bits per heavy atom. The van der Waals surface area contributed by atoms with Crippen LogP contribution in [0.4, 0.5) is 11.4 Å². The molecule has 2 amide bonds. The zero-order valence-corrected chi connectivity index (χ0v) is 19.5. The monoisotopic (exact) mass is 455 g/mol. The Kier molecular flexibility index (Phi) is 6.09. The maximum absolute atomic E-state index is 13.1. The molecule has 4 rings (SSSR count). The van der Waals surface area contributed by atoms with Gasteiger partial charge < -0.3 is 5.32 Å². The van der Waals surface area contributed by atoms with Gasteiger partial charge in [-0.3, -0.25) is 14.5 Å². The van der Waals surface area contributed by atoms with Crippen molar-refractivity contribution in [1.29, 1.82) is 0 Å². The van der Waals surface area contributed by atoms with E-state index in [1.54, 1.807) is 18.2 Å². The highest BCUT2D eigenvalue weighted by atomic mass is 32.2. The highest BCUT2D eigenvalue weighted by molar-refractivity contribution is 7.89. The van der Waals surface area contributed by atoms with Crippen molar-refractivity contribution in [2.45, 2.75) is 57.4 Å². The van der Waals surface area contributed by atoms with Crippen molar-refractivity contribution >= 4 is 33.2 Å². The topological polar surface area (TPSA) is 86.8 Å². The molecular weight excluding hydrogens is 426 g/mol. The number of benzene rings is 2. The van der Waals surface area contributed by atoms with E-state index in [0.29, 0.717) is 30.0 Å². The number of hydrogen-bond acceptors (Lipinski definition) is 4. The van der Waals surface area contributed by atoms with Gasteiger partial charge in [0.15, 0.2) is 0 Å². The summed E-state index contributed by atoms with van der Waals surface area (Å²) in [4.78, 5) is 27.2. The first kappa shape index (κ1) is 22.5. The molecule has 2 heterocycles. The number of sulfonamides is 1. The normalized spacial score (nSPS) is 19.0. The summed E-state index contributed by atoms with van der Waals surface area (Å²) >= 11 is 0. The molecule has 2 aliphatic heterocycles. The number of amides is 2. The van der Waals surface area contributed by atoms with Gasteiger partial charge in [0.1, 0.15) is 6.04 Å². The number of carbonyl (C=O) groups excluding carboxylic acids is 2. The van der Waals surface area contributed by atoms with Crippen molar-refractivity contribution < 1.29 is 18.0 Å². The van der Waals surface area contributed by atoms with Crippen molar-refractivity contribution in [3.8, 4) is 0 Å². The third-order valence-electron chi connectivity index (χ3n) is 6.40. The number of hydrogen-bond donors (Lipinski definition) is 1. The van der Waals surface area contributed by atoms with Crippen LogP contribution in [0.5, 0.6) is 0 Å². The fourth-order valence-electron chi connectivity index (χ4n) is 4.49. The van der Waals surface area contributed by atoms with Gasteiger partial charge in [-0.2, -0.15) is 4.31 Å². The molecule has 0 aromatic heterocycles. The molecule has 32 heavy (non-hydrogen) atoms. The van der Waals surface area contributed by atoms with E-state index < -0.39 is 16.1 Å². The molecule has 0 unspecified atom stereocenters. The van der Waals surface area contributed by atoms with Gasteiger partial charge in [0.05, 0.1) is 4.90 Å². The molecule has 0 spiro atoms. The van der Waals surface area contributed by atoms with Crippen LogP contribution >= 0.6 is 0 Å². The standard InChI is InChI=1S/C24H29N3O4S/c1-16-7-8-20(13-17(16)2)25-24(29)23-15-19-14-21(9-10-22(19)27(23)18(3)28)32(30,31)26-11-5-4-6-12-26/h7-10,13-14,23H,4-6,11-12,15H2,1-3H3,(H,25,29)/t23-/m1/s1. The zero-order valence-electron chi connectivity index (χ0n) is 18.7. The number of aryl methyl sites for hydroxylation is 2. The van der Waals surface area contributed by atoms with E-state index in [9.17, 15) is 18.0 Å². The first-order valence-corrected chi connectivity index (χ1v) is 12.4. The maximum atomic E-state index is 13.1. The summed E-state index contributed by atoms with van der Waals surface area (Å²) in [5, 5.41) is 2.91. The van der Waals surface area contributed by atoms with Crippen molar-refractivity contribution in [3.05, 3.63) is 53.1 Å². The van der Waals surface area contributed by atoms with E-state index in [-0.39, 0.29) is 23.1 Å². The molecule has 1 fully saturated rings. The van der Waals surface area contributed by atoms with Crippen molar-refractivity contribution in [1.82, 2.24) is 4.31 Å². The average Bonchev–Trinajstić information content (AvgIpc) is 3.16. The van der Waals surface area contributed by atoms with Crippen LogP contribution in [0.25, 0.3) is 0 Å². The van der Waals surface area contributed by atoms with Crippen LogP contribution in [0, 0.1) is 13.8 Å². The smallest absolute Gasteiger partial charge is 0.247 e. The van der Waals surface area contributed by atoms with Crippen LogP contribution in [0.1, 0.15) is 42.9 Å². The molecule has 8 heteroatoms. The zero-order chi connectivity index (χ0) is 23.0. The van der Waals surface area contributed by atoms with Gasteiger partial charge >= 0.3 is 0 Å². The highest BCUT2D eigenvalue weighted by Crippen LogP contribution is 2.35. The first-order valence-electron chi connectivity index (χ1n) is 11.0. The number of anilines is 2. The van der Waals surface area contributed by atoms with Crippen LogP contribution in [0.2, 0.25) is 0 Å². The highest BCUT2D eigenvalue weighted by Gasteiger charge is 2.38. The lowest BCUT2D eigenvalue weighted by atomic mass is 10.1. The Morgan fingerprint density at radius 2 is 1.69 bits per heavy atom. The fraction of sp³-hybridized carbons (Fsp3) is 0.417. The Hall–Kier alpha value is -2.71. The van der Waals surface area contributed by atoms with E-state index in [2.05, 4.69) is 5.32 Å². The van der Waals surface area contributed by atoms with Gasteiger partial charge in [-0.05, 0) is 73.7 Å². The van der Waals surface area contributed by atoms with Crippen LogP contribution in [-0.2, 0) is 26.0 Å². The molecule has 0 bridgehead atoms. The van der Waals surface area contributed by atoms with Crippen molar-refractivity contribution in [2.24, 2.45) is 0 Å². The lowest BCUT2D eigenvalue weighted by Gasteiger charge is -2.26. The number of rotatable bonds is 4. The molecule has 1 N–H and O–H groups in total. The third kappa shape index (κ3) is 4.17. The van der Waals surface area contributed by atoms with Crippen LogP contribution < -0.4 is 10.2 Å². The summed E-state index contributed by atoms with van der Waals surface area (Å²) < 4.78 is 27.7. The van der Waals surface area contributed by atoms with Crippen molar-refractivity contribution in [3.63, 3.8) is 0 Å². The van der Waals surface area contributed by atoms with E-state index in [1.165, 1.54) is 16.1 Å². The summed E-state index contributed by atoms with van der Waals surface area (Å²) in [5.74, 6) is -0.546. The quantitative estimate of drug-likeness (QED) is 0.766. The van der Waals surface area contributed by atoms with Gasteiger partial charge in [0.2, 0.25) is 21.8 Å². The molecule has 0 aliphatic carbocycles. The first-order chi connectivity index (χ1) is 15.2. The second kappa shape index (κ2) is 8.67. The van der Waals surface area contributed by atoms with Gasteiger partial charge in [0, 0.05) is 37.8 Å². The fourth-order valence-corrected chi connectivity index (χ4v) is 6.05. The molecule has 2 aromatic carbocycles. The lowest BCUT2D eigenvalue weighted by Crippen LogP contribution is -2.44. The summed E-state index contributed by atoms with van der Waals surface area (Å²) in [6, 6.07) is 9.77. The largest absolute Gasteiger partial charge is 0.324 e. The van der Waals surface area contributed by atoms with E-state index >= 15 is 0 Å². The molecular formula is C24H29N3O4S. The molecule has 0 radical (unpaired) electrons. The Labute approximate surface area is 189 Å². The van der Waals surface area contributed by atoms with Gasteiger partial charge in [0.25, 0.3) is 0 Å². The number of nitrogens with zero attached hydrogens (tertiary/aromatic N) is 2. The molecule has 7 nitrogen and oxygen atoms in total. The Balaban J connectivity index is 1.60. The predicted molar refractivity (Wildman–Crippen MR) is 124 cm³/mol. The van der Waals surface area contributed by atoms with Crippen molar-refractivity contribution in [2.75, 3.05) is 23.3 Å². The summed E-state index contributed by atoms with van der Waals surface area (Å²) in [5.41, 5.74) is 4.15. The van der Waals surface area contributed by atoms with Gasteiger partial charge in [-0.25, -0.2) is 8.42 Å². The van der Waals surface area contributed by atoms with E-state index in [0.717, 1.165) is 30.4 Å². The number of nitrogens with one attached hydrogen (secondary N) is 1. The van der Waals surface area contributed by atoms with Crippen LogP contribution in [-0.4, -0.2) is 43.7 Å². The molecule has 2 aliphatic rings. The third-order valence-corrected chi connectivity index (χ3v) is 8.30. The minimum atomic E-state index is -3.59.